The highest BCUT2D eigenvalue weighted by molar-refractivity contribution is 5.90. The molecule has 3 aliphatic rings. The molecule has 9 nitrogen and oxygen atoms in total. The molecule has 3 N–H and O–H groups in total. The van der Waals surface area contributed by atoms with Gasteiger partial charge in [-0.15, -0.1) is 5.10 Å². The van der Waals surface area contributed by atoms with E-state index < -0.39 is 53.6 Å². The number of halogens is 3. The Hall–Kier alpha value is -2.21. The minimum atomic E-state index is -4.40. The Bertz CT molecular complexity index is 974. The molecule has 1 aliphatic heterocycles. The van der Waals surface area contributed by atoms with Crippen molar-refractivity contribution in [3.05, 3.63) is 11.9 Å². The van der Waals surface area contributed by atoms with E-state index in [0.717, 1.165) is 18.5 Å². The van der Waals surface area contributed by atoms with E-state index in [-0.39, 0.29) is 44.7 Å². The topological polar surface area (TPSA) is 121 Å². The lowest BCUT2D eigenvalue weighted by atomic mass is 9.77. The number of aliphatic hydroxyl groups excluding tert-OH is 1. The summed E-state index contributed by atoms with van der Waals surface area (Å²) in [5.74, 6) is -2.26. The van der Waals surface area contributed by atoms with E-state index in [4.69, 9.17) is 0 Å². The number of nitrogens with zero attached hydrogens (tertiary/aromatic N) is 4. The third kappa shape index (κ3) is 5.85. The Morgan fingerprint density at radius 1 is 1.25 bits per heavy atom. The normalized spacial score (nSPS) is 30.3. The molecule has 0 spiro atoms. The molecule has 2 heterocycles. The highest BCUT2D eigenvalue weighted by Crippen LogP contribution is 2.42. The fourth-order valence-corrected chi connectivity index (χ4v) is 5.48. The van der Waals surface area contributed by atoms with E-state index in [1.165, 1.54) is 9.58 Å². The first-order valence-electron chi connectivity index (χ1n) is 12.6. The van der Waals surface area contributed by atoms with Crippen molar-refractivity contribution in [1.82, 2.24) is 25.2 Å². The molecule has 0 aromatic carbocycles. The zero-order chi connectivity index (χ0) is 26.5. The molecule has 4 rings (SSSR count). The van der Waals surface area contributed by atoms with Crippen LogP contribution in [0.25, 0.3) is 0 Å². The summed E-state index contributed by atoms with van der Waals surface area (Å²) in [7, 11) is 0. The summed E-state index contributed by atoms with van der Waals surface area (Å²) in [6.07, 6.45) is -1.66. The van der Waals surface area contributed by atoms with Crippen molar-refractivity contribution in [1.29, 1.82) is 0 Å². The maximum Gasteiger partial charge on any atom is 0.391 e. The van der Waals surface area contributed by atoms with Crippen LogP contribution in [0.2, 0.25) is 0 Å². The smallest absolute Gasteiger partial charge is 0.391 e. The molecule has 2 amide bonds. The largest absolute Gasteiger partial charge is 0.391 e. The first kappa shape index (κ1) is 26.8. The summed E-state index contributed by atoms with van der Waals surface area (Å²) in [5, 5.41) is 32.0. The molecule has 12 heteroatoms. The van der Waals surface area contributed by atoms with Crippen LogP contribution in [-0.2, 0) is 9.59 Å². The maximum atomic E-state index is 13.7. The van der Waals surface area contributed by atoms with Crippen LogP contribution in [-0.4, -0.2) is 78.9 Å². The first-order valence-corrected chi connectivity index (χ1v) is 12.6. The lowest BCUT2D eigenvalue weighted by Gasteiger charge is -2.38. The third-order valence-corrected chi connectivity index (χ3v) is 7.58. The number of amides is 2. The van der Waals surface area contributed by atoms with Crippen molar-refractivity contribution in [2.45, 2.75) is 102 Å². The Morgan fingerprint density at radius 2 is 1.94 bits per heavy atom. The number of rotatable bonds is 6. The Balaban J connectivity index is 1.46. The number of β-amino-alcohol motifs (C(OH)–C–C–N with tert-alkyl or cyclic N) is 1. The van der Waals surface area contributed by atoms with E-state index >= 15 is 0 Å². The van der Waals surface area contributed by atoms with Gasteiger partial charge in [-0.05, 0) is 43.9 Å². The molecule has 2 saturated carbocycles. The molecule has 5 atom stereocenters. The summed E-state index contributed by atoms with van der Waals surface area (Å²) in [6.45, 7) is 5.25. The van der Waals surface area contributed by atoms with Crippen molar-refractivity contribution in [3.63, 3.8) is 0 Å². The van der Waals surface area contributed by atoms with E-state index in [0.29, 0.717) is 5.92 Å². The van der Waals surface area contributed by atoms with Gasteiger partial charge in [-0.3, -0.25) is 9.59 Å². The van der Waals surface area contributed by atoms with Gasteiger partial charge in [-0.25, -0.2) is 4.68 Å². The Morgan fingerprint density at radius 3 is 2.56 bits per heavy atom. The number of likely N-dealkylation sites (tertiary alicyclic amines) is 1. The highest BCUT2D eigenvalue weighted by Gasteiger charge is 2.48. The van der Waals surface area contributed by atoms with Gasteiger partial charge >= 0.3 is 6.18 Å². The van der Waals surface area contributed by atoms with Crippen LogP contribution in [0.3, 0.4) is 0 Å². The number of aliphatic hydroxyl groups is 2. The number of carbonyl (C=O) groups excluding carboxylic acids is 2. The standard InChI is InChI=1S/C24H36F3N5O4/c1-22(2,3)19(32-12-17(29-30-32)14-6-7-14)21(35)31-11-16(33)9-18(31)20(34)28-13-23(36)8-4-5-15(10-23)24(25,26)27/h12,14-16,18-19,33,36H,4-11,13H2,1-3H3,(H,28,34)/t15?,16-,18+,19-,23?/m1/s1. The minimum absolute atomic E-state index is 0.00270. The van der Waals surface area contributed by atoms with Crippen molar-refractivity contribution in [2.24, 2.45) is 11.3 Å². The predicted octanol–water partition coefficient (Wildman–Crippen LogP) is 2.30. The fourth-order valence-electron chi connectivity index (χ4n) is 5.48. The van der Waals surface area contributed by atoms with E-state index in [1.54, 1.807) is 6.20 Å². The van der Waals surface area contributed by atoms with Gasteiger partial charge in [0.15, 0.2) is 0 Å². The highest BCUT2D eigenvalue weighted by atomic mass is 19.4. The van der Waals surface area contributed by atoms with Crippen molar-refractivity contribution < 1.29 is 33.0 Å². The van der Waals surface area contributed by atoms with Crippen LogP contribution in [0.4, 0.5) is 13.2 Å². The number of carbonyl (C=O) groups is 2. The van der Waals surface area contributed by atoms with Gasteiger partial charge in [0.2, 0.25) is 11.8 Å². The average molecular weight is 516 g/mol. The summed E-state index contributed by atoms with van der Waals surface area (Å²) < 4.78 is 41.1. The summed E-state index contributed by atoms with van der Waals surface area (Å²) in [6, 6.07) is -1.78. The molecule has 1 saturated heterocycles. The predicted molar refractivity (Wildman–Crippen MR) is 123 cm³/mol. The molecule has 1 aromatic rings. The zero-order valence-corrected chi connectivity index (χ0v) is 21.0. The molecule has 36 heavy (non-hydrogen) atoms. The van der Waals surface area contributed by atoms with E-state index in [2.05, 4.69) is 15.6 Å². The van der Waals surface area contributed by atoms with E-state index in [9.17, 15) is 33.0 Å². The first-order chi connectivity index (χ1) is 16.7. The Labute approximate surface area is 208 Å². The average Bonchev–Trinajstić information content (AvgIpc) is 3.38. The van der Waals surface area contributed by atoms with Gasteiger partial charge in [-0.2, -0.15) is 13.2 Å². The lowest BCUT2D eigenvalue weighted by Crippen LogP contribution is -2.54. The van der Waals surface area contributed by atoms with Gasteiger partial charge in [0, 0.05) is 31.6 Å². The third-order valence-electron chi connectivity index (χ3n) is 7.58. The molecule has 202 valence electrons. The van der Waals surface area contributed by atoms with Crippen LogP contribution in [0.5, 0.6) is 0 Å². The molecule has 0 bridgehead atoms. The van der Waals surface area contributed by atoms with Crippen LogP contribution in [0.1, 0.15) is 83.4 Å². The second kappa shape index (κ2) is 9.59. The number of nitrogens with one attached hydrogen (secondary N) is 1. The summed E-state index contributed by atoms with van der Waals surface area (Å²) in [5.41, 5.74) is -1.43. The van der Waals surface area contributed by atoms with Crippen LogP contribution in [0.15, 0.2) is 6.20 Å². The maximum absolute atomic E-state index is 13.7. The number of alkyl halides is 3. The van der Waals surface area contributed by atoms with Crippen LogP contribution in [0, 0.1) is 11.3 Å². The Kier molecular flexibility index (Phi) is 7.15. The van der Waals surface area contributed by atoms with Crippen molar-refractivity contribution >= 4 is 11.8 Å². The molecule has 3 fully saturated rings. The molecule has 2 unspecified atom stereocenters. The monoisotopic (exact) mass is 515 g/mol. The lowest BCUT2D eigenvalue weighted by molar-refractivity contribution is -0.200. The van der Waals surface area contributed by atoms with Crippen molar-refractivity contribution in [2.75, 3.05) is 13.1 Å². The van der Waals surface area contributed by atoms with Gasteiger partial charge in [-0.1, -0.05) is 26.0 Å². The van der Waals surface area contributed by atoms with Crippen LogP contribution >= 0.6 is 0 Å². The number of aromatic nitrogens is 3. The van der Waals surface area contributed by atoms with Gasteiger partial charge < -0.3 is 20.4 Å². The quantitative estimate of drug-likeness (QED) is 0.535. The SMILES string of the molecule is CC(C)(C)[C@@H](C(=O)N1C[C@H](O)C[C@H]1C(=O)NCC1(O)CCCC(C(F)(F)F)C1)n1cc(C2CC2)nn1. The second-order valence-corrected chi connectivity index (χ2v) is 11.8. The number of hydrogen-bond acceptors (Lipinski definition) is 6. The molecule has 2 aliphatic carbocycles. The fraction of sp³-hybridized carbons (Fsp3) is 0.833. The molecular formula is C24H36F3N5O4. The summed E-state index contributed by atoms with van der Waals surface area (Å²) in [4.78, 5) is 28.2. The minimum Gasteiger partial charge on any atom is -0.391 e. The van der Waals surface area contributed by atoms with E-state index in [1.807, 2.05) is 20.8 Å². The van der Waals surface area contributed by atoms with Gasteiger partial charge in [0.05, 0.1) is 23.3 Å². The summed E-state index contributed by atoms with van der Waals surface area (Å²) >= 11 is 0. The molecule has 1 aromatic heterocycles. The van der Waals surface area contributed by atoms with Gasteiger partial charge in [0.1, 0.15) is 12.1 Å². The molecular weight excluding hydrogens is 479 g/mol. The molecule has 0 radical (unpaired) electrons. The second-order valence-electron chi connectivity index (χ2n) is 11.8. The van der Waals surface area contributed by atoms with Crippen molar-refractivity contribution in [3.8, 4) is 0 Å². The zero-order valence-electron chi connectivity index (χ0n) is 21.0. The van der Waals surface area contributed by atoms with Gasteiger partial charge in [0.25, 0.3) is 0 Å². The van der Waals surface area contributed by atoms with Crippen LogP contribution < -0.4 is 5.32 Å². The number of hydrogen-bond donors (Lipinski definition) is 3.